The normalized spacial score (nSPS) is 17.5. The van der Waals surface area contributed by atoms with E-state index >= 15 is 0 Å². The molecule has 0 saturated carbocycles. The zero-order valence-corrected chi connectivity index (χ0v) is 51.1. The lowest BCUT2D eigenvalue weighted by Gasteiger charge is -2.11. The first-order chi connectivity index (χ1) is 67.6. The summed E-state index contributed by atoms with van der Waals surface area (Å²) in [5, 5.41) is -2.12. The van der Waals surface area contributed by atoms with Crippen molar-refractivity contribution in [2.45, 2.75) is 0 Å². The maximum absolute atomic E-state index is 9.65. The van der Waals surface area contributed by atoms with Gasteiger partial charge in [0, 0.05) is 99.0 Å². The monoisotopic (exact) mass is 1350 g/mol. The van der Waals surface area contributed by atoms with E-state index in [1.54, 1.807) is 54.6 Å². The van der Waals surface area contributed by atoms with Crippen LogP contribution < -0.4 is 0 Å². The third-order valence-electron chi connectivity index (χ3n) is 16.8. The molecule has 0 aliphatic rings. The quantitative estimate of drug-likeness (QED) is 0.144. The lowest BCUT2D eigenvalue weighted by molar-refractivity contribution is 0.668. The van der Waals surface area contributed by atoms with E-state index in [1.807, 2.05) is 0 Å². The minimum absolute atomic E-state index is 0.0741. The second-order valence-corrected chi connectivity index (χ2v) is 22.5. The van der Waals surface area contributed by atoms with Gasteiger partial charge in [-0.25, -0.2) is 9.97 Å². The van der Waals surface area contributed by atoms with Crippen molar-refractivity contribution in [3.63, 3.8) is 0 Å². The van der Waals surface area contributed by atoms with Crippen molar-refractivity contribution in [2.24, 2.45) is 0 Å². The summed E-state index contributed by atoms with van der Waals surface area (Å²) in [5.41, 5.74) is -5.05. The highest BCUT2D eigenvalue weighted by Crippen LogP contribution is 2.44. The molecule has 0 spiro atoms. The third-order valence-corrected chi connectivity index (χ3v) is 16.8. The van der Waals surface area contributed by atoms with E-state index in [2.05, 4.69) is 19.9 Å². The Morgan fingerprint density at radius 3 is 1.33 bits per heavy atom. The van der Waals surface area contributed by atoms with Gasteiger partial charge >= 0.3 is 0 Å². The maximum atomic E-state index is 9.65. The van der Waals surface area contributed by atoms with Gasteiger partial charge in [0.25, 0.3) is 0 Å². The van der Waals surface area contributed by atoms with E-state index in [4.69, 9.17) is 71.5 Å². The Hall–Kier alpha value is -14.1. The highest BCUT2D eigenvalue weighted by molar-refractivity contribution is 6.20. The second-order valence-electron chi connectivity index (χ2n) is 22.5. The van der Waals surface area contributed by atoms with Gasteiger partial charge in [-0.05, 0) is 94.8 Å². The molecule has 14 aromatic carbocycles. The van der Waals surface area contributed by atoms with Crippen LogP contribution in [0.15, 0.2) is 332 Å². The second kappa shape index (κ2) is 22.7. The fraction of sp³-hybridized carbons (Fsp3) is 0. The van der Waals surface area contributed by atoms with Crippen molar-refractivity contribution < 1.29 is 73.9 Å². The van der Waals surface area contributed by atoms with Gasteiger partial charge in [0.1, 0.15) is 44.7 Å². The highest BCUT2D eigenvalue weighted by atomic mass is 16.3. The molecule has 0 aliphatic carbocycles. The largest absolute Gasteiger partial charge is 0.456 e. The van der Waals surface area contributed by atoms with Crippen molar-refractivity contribution in [3.05, 3.63) is 314 Å². The van der Waals surface area contributed by atoms with Gasteiger partial charge in [-0.1, -0.05) is 230 Å². The molecule has 0 fully saturated rings. The van der Waals surface area contributed by atoms with Gasteiger partial charge in [0.05, 0.1) is 78.3 Å². The van der Waals surface area contributed by atoms with E-state index in [-0.39, 0.29) is 127 Å². The van der Waals surface area contributed by atoms with Crippen molar-refractivity contribution in [2.75, 3.05) is 0 Å². The lowest BCUT2D eigenvalue weighted by atomic mass is 9.99. The number of benzene rings is 14. The molecular formula is C90H52N8O4. The summed E-state index contributed by atoms with van der Waals surface area (Å²) in [4.78, 5) is 27.9. The molecule has 12 nitrogen and oxygen atoms in total. The molecule has 0 bridgehead atoms. The number of aromatic nitrogens is 8. The Bertz CT molecular complexity index is 9690. The van der Waals surface area contributed by atoms with Crippen molar-refractivity contribution in [1.29, 1.82) is 0 Å². The van der Waals surface area contributed by atoms with E-state index in [1.165, 1.54) is 12.1 Å². The van der Waals surface area contributed by atoms with Crippen LogP contribution in [-0.2, 0) is 0 Å². The molecule has 22 rings (SSSR count). The first-order valence-corrected chi connectivity index (χ1v) is 30.6. The van der Waals surface area contributed by atoms with Gasteiger partial charge in [-0.2, -0.15) is 19.9 Å². The summed E-state index contributed by atoms with van der Waals surface area (Å²) < 4.78 is 386. The fourth-order valence-corrected chi connectivity index (χ4v) is 12.4. The Morgan fingerprint density at radius 2 is 0.716 bits per heavy atom. The van der Waals surface area contributed by atoms with Crippen molar-refractivity contribution in [3.8, 4) is 79.7 Å². The van der Waals surface area contributed by atoms with Crippen LogP contribution in [0.2, 0.25) is 0 Å². The summed E-state index contributed by atoms with van der Waals surface area (Å²) >= 11 is 0. The maximum Gasteiger partial charge on any atom is 0.238 e. The molecule has 102 heavy (non-hydrogen) atoms. The van der Waals surface area contributed by atoms with Crippen LogP contribution in [0.3, 0.4) is 0 Å². The Balaban J connectivity index is 0.000000169. The SMILES string of the molecule is [2H]c1c([2H])c([2H])c(-c2c([2H])c([2H])c([2H])c3oc4c([2H])c(-c5nc(-c6ccccc6)nc(-n6c7c([2H])c([2H])c([2H])c([2H])c7c7c([2H])c8c(oc9c([2H])c([2H])c([2H])c([2H])c98)c([2H])c76)n5)c([2H])c([2H])c4c23)c([2H])c1[2H].[2H]c1c([2H])c([2H])c(-c2nc(-c3ccc4c(c3)oc3cccc(-c5c([2H])c([2H])c([2H])c([2H])c5[2H])c34)nc(-n3c4c([2H])c([2H])c([2H])c([2H])c4c4c([2H])c5c(oc6c([2H])c([2H])c([2H])c([2H])c65)c([2H])c43)n2)c([2H])c1[2H]. The van der Waals surface area contributed by atoms with Crippen LogP contribution in [0.1, 0.15) is 56.2 Å². The standard InChI is InChI=1S/2C45H26N4O2/c2*1-3-12-27(13-4-1)30-18-11-21-39-42(30)33-23-22-29(24-40(33)51-39)44-46-43(28-14-5-2-6-15-28)47-45(48-44)49-36-19-9-7-16-31(36)34-25-35-32-17-8-10-20-38(32)50-41(35)26-37(34)49/h2*1-26H/i1D,3D,4D,7D,8D,9D,10D,11D,12D,13D,16D,17D,18D,19D,20D,21D,22D,23D,24D,25D,26D;1D,2D,3D,4D,5D,6D,7D,8D,9D,10D,12D,13D,14D,15D,16D,17D,19D,20D,25D,26D. The zero-order chi connectivity index (χ0) is 103. The van der Waals surface area contributed by atoms with Gasteiger partial charge in [-0.15, -0.1) is 0 Å². The molecule has 22 aromatic rings. The van der Waals surface area contributed by atoms with Crippen LogP contribution in [0.25, 0.3) is 211 Å². The zero-order valence-electron chi connectivity index (χ0n) is 92.1. The number of rotatable bonds is 8. The molecule has 476 valence electrons. The van der Waals surface area contributed by atoms with Crippen molar-refractivity contribution >= 4 is 131 Å². The number of furan rings is 4. The fourth-order valence-electron chi connectivity index (χ4n) is 12.4. The predicted molar refractivity (Wildman–Crippen MR) is 410 cm³/mol. The van der Waals surface area contributed by atoms with Gasteiger partial charge < -0.3 is 17.7 Å². The summed E-state index contributed by atoms with van der Waals surface area (Å²) in [6.45, 7) is 0. The average molecular weight is 1350 g/mol. The molecule has 8 aromatic heterocycles. The molecule has 0 atom stereocenters. The number of fused-ring (bicyclic) bond motifs is 18. The molecule has 0 unspecified atom stereocenters. The van der Waals surface area contributed by atoms with Gasteiger partial charge in [0.15, 0.2) is 23.3 Å². The summed E-state index contributed by atoms with van der Waals surface area (Å²) in [6, 6.07) is -9.95. The van der Waals surface area contributed by atoms with Crippen LogP contribution in [0.4, 0.5) is 0 Å². The minimum Gasteiger partial charge on any atom is -0.456 e. The third kappa shape index (κ3) is 9.17. The highest BCUT2D eigenvalue weighted by Gasteiger charge is 2.25. The molecule has 0 radical (unpaired) electrons. The summed E-state index contributed by atoms with van der Waals surface area (Å²) in [5.74, 6) is -2.55. The summed E-state index contributed by atoms with van der Waals surface area (Å²) in [6.07, 6.45) is 0. The van der Waals surface area contributed by atoms with Crippen LogP contribution in [0, 0.1) is 0 Å². The van der Waals surface area contributed by atoms with Gasteiger partial charge in [-0.3, -0.25) is 9.13 Å². The molecule has 0 saturated heterocycles. The number of nitrogens with zero attached hydrogens (tertiary/aromatic N) is 8. The molecular weight excluding hydrogens is 1260 g/mol. The lowest BCUT2D eigenvalue weighted by Crippen LogP contribution is -2.06. The van der Waals surface area contributed by atoms with Gasteiger partial charge in [0.2, 0.25) is 11.9 Å². The first kappa shape index (κ1) is 29.9. The van der Waals surface area contributed by atoms with E-state index in [9.17, 15) is 12.3 Å². The average Bonchev–Trinajstić information content (AvgIpc) is 1.53. The Morgan fingerprint density at radius 1 is 0.235 bits per heavy atom. The molecule has 12 heteroatoms. The first-order valence-electron chi connectivity index (χ1n) is 51.1. The van der Waals surface area contributed by atoms with Crippen LogP contribution in [0.5, 0.6) is 0 Å². The molecule has 8 heterocycles. The number of hydrogen-bond donors (Lipinski definition) is 0. The number of para-hydroxylation sites is 4. The summed E-state index contributed by atoms with van der Waals surface area (Å²) in [7, 11) is 0. The van der Waals surface area contributed by atoms with Crippen molar-refractivity contribution in [1.82, 2.24) is 39.0 Å². The molecule has 0 N–H and O–H groups in total. The predicted octanol–water partition coefficient (Wildman–Crippen LogP) is 23.5. The Labute approximate surface area is 637 Å². The Kier molecular flexibility index (Phi) is 6.68. The minimum atomic E-state index is -0.782. The smallest absolute Gasteiger partial charge is 0.238 e. The molecule has 0 amide bonds. The van der Waals surface area contributed by atoms with E-state index in [0.29, 0.717) is 16.3 Å². The van der Waals surface area contributed by atoms with Crippen LogP contribution in [-0.4, -0.2) is 39.0 Å². The van der Waals surface area contributed by atoms with Crippen LogP contribution >= 0.6 is 0 Å². The number of hydrogen-bond acceptors (Lipinski definition) is 10. The van der Waals surface area contributed by atoms with E-state index < -0.39 is 316 Å². The van der Waals surface area contributed by atoms with E-state index in [0.717, 1.165) is 9.13 Å². The topological polar surface area (TPSA) is 140 Å². The molecule has 0 aliphatic heterocycles.